The highest BCUT2D eigenvalue weighted by Crippen LogP contribution is 2.49. The zero-order valence-electron chi connectivity index (χ0n) is 18.3. The molecule has 0 aromatic heterocycles. The molecule has 176 valence electrons. The lowest BCUT2D eigenvalue weighted by atomic mass is 9.79. The molecular formula is C24H22N2O8. The number of amides is 2. The maximum absolute atomic E-state index is 13.5. The van der Waals surface area contributed by atoms with Crippen LogP contribution < -0.4 is 10.2 Å². The number of nitrogens with zero attached hydrogens (tertiary/aromatic N) is 1. The summed E-state index contributed by atoms with van der Waals surface area (Å²) in [6, 6.07) is 10.9. The maximum atomic E-state index is 13.5. The van der Waals surface area contributed by atoms with Crippen LogP contribution in [0.4, 0.5) is 5.69 Å². The third-order valence-corrected chi connectivity index (χ3v) is 6.51. The average molecular weight is 466 g/mol. The number of Topliss-reactive ketones (excluding diaryl/α,β-unsaturated/α-hetero) is 1. The van der Waals surface area contributed by atoms with Crippen molar-refractivity contribution in [2.75, 3.05) is 18.6 Å². The number of rotatable bonds is 6. The van der Waals surface area contributed by atoms with Gasteiger partial charge in [0.25, 0.3) is 0 Å². The Kier molecular flexibility index (Phi) is 5.80. The van der Waals surface area contributed by atoms with E-state index in [9.17, 15) is 34.2 Å². The van der Waals surface area contributed by atoms with Crippen LogP contribution in [0.3, 0.4) is 0 Å². The summed E-state index contributed by atoms with van der Waals surface area (Å²) in [5.74, 6) is -6.10. The fraction of sp³-hybridized carbons (Fsp3) is 0.292. The number of ether oxygens (including phenoxy) is 1. The Balaban J connectivity index is 1.78. The van der Waals surface area contributed by atoms with Crippen molar-refractivity contribution >= 4 is 35.2 Å². The van der Waals surface area contributed by atoms with E-state index < -0.39 is 53.8 Å². The second kappa shape index (κ2) is 8.47. The molecular weight excluding hydrogens is 444 g/mol. The van der Waals surface area contributed by atoms with Gasteiger partial charge in [0.2, 0.25) is 11.8 Å². The SMILES string of the molecule is COC(=O)c1ccc(C2NC(CO)(C(=O)O)C3C(=O)N(c4ccc(C(C)=O)cc4)C(=O)C23)cc1. The number of carboxylic acid groups (broad SMARTS) is 1. The molecule has 0 aliphatic carbocycles. The molecule has 2 aromatic rings. The number of aliphatic hydroxyl groups excluding tert-OH is 1. The van der Waals surface area contributed by atoms with E-state index in [1.165, 1.54) is 50.4 Å². The summed E-state index contributed by atoms with van der Waals surface area (Å²) in [6.07, 6.45) is 0. The third kappa shape index (κ3) is 3.39. The van der Waals surface area contributed by atoms with E-state index in [0.717, 1.165) is 4.90 Å². The number of esters is 1. The average Bonchev–Trinajstić information content (AvgIpc) is 3.33. The number of hydrogen-bond acceptors (Lipinski definition) is 8. The number of benzene rings is 2. The van der Waals surface area contributed by atoms with Gasteiger partial charge in [-0.2, -0.15) is 0 Å². The molecule has 3 N–H and O–H groups in total. The van der Waals surface area contributed by atoms with Crippen LogP contribution in [0.15, 0.2) is 48.5 Å². The van der Waals surface area contributed by atoms with E-state index in [1.807, 2.05) is 0 Å². The summed E-state index contributed by atoms with van der Waals surface area (Å²) in [4.78, 5) is 63.4. The Morgan fingerprint density at radius 1 is 1.00 bits per heavy atom. The summed E-state index contributed by atoms with van der Waals surface area (Å²) < 4.78 is 4.68. The first-order valence-electron chi connectivity index (χ1n) is 10.4. The molecule has 0 saturated carbocycles. The number of hydrogen-bond donors (Lipinski definition) is 3. The maximum Gasteiger partial charge on any atom is 0.337 e. The molecule has 0 radical (unpaired) electrons. The standard InChI is InChI=1S/C24H22N2O8/c1-12(28)13-7-9-16(10-8-13)26-20(29)17-18(21(26)30)24(11-27,23(32)33)25-19(17)14-3-5-15(6-4-14)22(31)34-2/h3-10,17-19,25,27H,11H2,1-2H3,(H,32,33). The fourth-order valence-corrected chi connectivity index (χ4v) is 4.74. The van der Waals surface area contributed by atoms with Crippen molar-refractivity contribution in [2.24, 2.45) is 11.8 Å². The third-order valence-electron chi connectivity index (χ3n) is 6.51. The Morgan fingerprint density at radius 2 is 1.59 bits per heavy atom. The molecule has 34 heavy (non-hydrogen) atoms. The highest BCUT2D eigenvalue weighted by molar-refractivity contribution is 6.24. The number of carboxylic acids is 1. The van der Waals surface area contributed by atoms with Crippen molar-refractivity contribution in [2.45, 2.75) is 18.5 Å². The summed E-state index contributed by atoms with van der Waals surface area (Å²) in [6.45, 7) is 0.464. The zero-order valence-corrected chi connectivity index (χ0v) is 18.3. The van der Waals surface area contributed by atoms with Crippen molar-refractivity contribution < 1.29 is 38.9 Å². The predicted octanol–water partition coefficient (Wildman–Crippen LogP) is 0.942. The van der Waals surface area contributed by atoms with Gasteiger partial charge in [0.1, 0.15) is 0 Å². The molecule has 4 rings (SSSR count). The molecule has 10 nitrogen and oxygen atoms in total. The number of aliphatic hydroxyl groups is 1. The summed E-state index contributed by atoms with van der Waals surface area (Å²) in [5, 5.41) is 22.9. The topological polar surface area (TPSA) is 150 Å². The van der Waals surface area contributed by atoms with Crippen LogP contribution in [0, 0.1) is 11.8 Å². The number of carbonyl (C=O) groups is 5. The van der Waals surface area contributed by atoms with Gasteiger partial charge < -0.3 is 14.9 Å². The Morgan fingerprint density at radius 3 is 2.09 bits per heavy atom. The first-order chi connectivity index (χ1) is 16.2. The number of ketones is 1. The molecule has 2 aliphatic heterocycles. The van der Waals surface area contributed by atoms with Crippen LogP contribution >= 0.6 is 0 Å². The van der Waals surface area contributed by atoms with Gasteiger partial charge in [-0.15, -0.1) is 0 Å². The second-order valence-electron chi connectivity index (χ2n) is 8.29. The number of methoxy groups -OCH3 is 1. The minimum atomic E-state index is -2.09. The highest BCUT2D eigenvalue weighted by Gasteiger charge is 2.68. The van der Waals surface area contributed by atoms with E-state index >= 15 is 0 Å². The van der Waals surface area contributed by atoms with Gasteiger partial charge >= 0.3 is 11.9 Å². The lowest BCUT2D eigenvalue weighted by Crippen LogP contribution is -2.58. The molecule has 10 heteroatoms. The minimum Gasteiger partial charge on any atom is -0.480 e. The molecule has 0 spiro atoms. The number of anilines is 1. The van der Waals surface area contributed by atoms with Crippen LogP contribution in [0.1, 0.15) is 39.2 Å². The number of carbonyl (C=O) groups excluding carboxylic acids is 4. The van der Waals surface area contributed by atoms with Crippen molar-refractivity contribution in [3.63, 3.8) is 0 Å². The first-order valence-corrected chi connectivity index (χ1v) is 10.4. The van der Waals surface area contributed by atoms with Gasteiger partial charge in [-0.05, 0) is 48.9 Å². The molecule has 2 fully saturated rings. The van der Waals surface area contributed by atoms with Crippen molar-refractivity contribution in [3.05, 3.63) is 65.2 Å². The van der Waals surface area contributed by atoms with Gasteiger partial charge in [0, 0.05) is 11.6 Å². The lowest BCUT2D eigenvalue weighted by molar-refractivity contribution is -0.150. The Bertz CT molecular complexity index is 1190. The molecule has 0 bridgehead atoms. The molecule has 4 atom stereocenters. The molecule has 2 aromatic carbocycles. The van der Waals surface area contributed by atoms with Crippen molar-refractivity contribution in [1.29, 1.82) is 0 Å². The van der Waals surface area contributed by atoms with Gasteiger partial charge in [-0.1, -0.05) is 12.1 Å². The van der Waals surface area contributed by atoms with E-state index in [0.29, 0.717) is 11.1 Å². The normalized spacial score (nSPS) is 25.9. The Hall–Kier alpha value is -3.89. The number of aliphatic carboxylic acids is 1. The summed E-state index contributed by atoms with van der Waals surface area (Å²) in [7, 11) is 1.24. The molecule has 2 heterocycles. The largest absolute Gasteiger partial charge is 0.480 e. The molecule has 2 aliphatic rings. The minimum absolute atomic E-state index is 0.188. The lowest BCUT2D eigenvalue weighted by Gasteiger charge is -2.29. The van der Waals surface area contributed by atoms with E-state index in [2.05, 4.69) is 10.1 Å². The Labute approximate surface area is 194 Å². The zero-order chi connectivity index (χ0) is 24.8. The first kappa shape index (κ1) is 23.3. The van der Waals surface area contributed by atoms with Crippen molar-refractivity contribution in [3.8, 4) is 0 Å². The summed E-state index contributed by atoms with van der Waals surface area (Å²) >= 11 is 0. The van der Waals surface area contributed by atoms with Crippen LogP contribution in [0.25, 0.3) is 0 Å². The van der Waals surface area contributed by atoms with Crippen molar-refractivity contribution in [1.82, 2.24) is 5.32 Å². The van der Waals surface area contributed by atoms with E-state index in [1.54, 1.807) is 12.1 Å². The number of nitrogens with one attached hydrogen (secondary N) is 1. The van der Waals surface area contributed by atoms with E-state index in [-0.39, 0.29) is 17.0 Å². The van der Waals surface area contributed by atoms with Crippen LogP contribution in [0.2, 0.25) is 0 Å². The number of imide groups is 1. The predicted molar refractivity (Wildman–Crippen MR) is 117 cm³/mol. The smallest absolute Gasteiger partial charge is 0.337 e. The fourth-order valence-electron chi connectivity index (χ4n) is 4.74. The van der Waals surface area contributed by atoms with Crippen LogP contribution in [0.5, 0.6) is 0 Å². The van der Waals surface area contributed by atoms with Gasteiger partial charge in [-0.3, -0.25) is 24.5 Å². The van der Waals surface area contributed by atoms with Crippen LogP contribution in [-0.2, 0) is 19.1 Å². The van der Waals surface area contributed by atoms with Crippen LogP contribution in [-0.4, -0.2) is 59.0 Å². The van der Waals surface area contributed by atoms with Gasteiger partial charge in [0.15, 0.2) is 11.3 Å². The van der Waals surface area contributed by atoms with Gasteiger partial charge in [0.05, 0.1) is 36.8 Å². The van der Waals surface area contributed by atoms with Gasteiger partial charge in [-0.25, -0.2) is 9.69 Å². The monoisotopic (exact) mass is 466 g/mol. The second-order valence-corrected chi connectivity index (χ2v) is 8.29. The number of fused-ring (bicyclic) bond motifs is 1. The highest BCUT2D eigenvalue weighted by atomic mass is 16.5. The van der Waals surface area contributed by atoms with E-state index in [4.69, 9.17) is 0 Å². The molecule has 4 unspecified atom stereocenters. The molecule has 2 amide bonds. The summed E-state index contributed by atoms with van der Waals surface area (Å²) in [5.41, 5.74) is -0.769. The molecule has 2 saturated heterocycles. The quantitative estimate of drug-likeness (QED) is 0.321.